The number of hydrogen-bond donors (Lipinski definition) is 1. The van der Waals surface area contributed by atoms with E-state index in [1.54, 1.807) is 0 Å². The van der Waals surface area contributed by atoms with Gasteiger partial charge in [-0.15, -0.1) is 11.8 Å². The normalized spacial score (nSPS) is 11.9. The van der Waals surface area contributed by atoms with Gasteiger partial charge >= 0.3 is 0 Å². The Bertz CT molecular complexity index is 161. The van der Waals surface area contributed by atoms with Crippen molar-refractivity contribution in [2.75, 3.05) is 18.6 Å². The zero-order chi connectivity index (χ0) is 10.6. The van der Waals surface area contributed by atoms with E-state index >= 15 is 0 Å². The SMILES string of the molecule is CC#CCCC(CCSC)NCCC. The van der Waals surface area contributed by atoms with Crippen LogP contribution in [0.1, 0.15) is 39.5 Å². The molecular formula is C12H23NS. The standard InChI is InChI=1S/C12H23NS/c1-4-6-7-8-12(9-11-14-3)13-10-5-2/h12-13H,5,7-11H2,1-3H3. The highest BCUT2D eigenvalue weighted by Gasteiger charge is 2.05. The zero-order valence-electron chi connectivity index (χ0n) is 9.73. The monoisotopic (exact) mass is 213 g/mol. The zero-order valence-corrected chi connectivity index (χ0v) is 10.5. The first-order valence-electron chi connectivity index (χ1n) is 5.47. The van der Waals surface area contributed by atoms with Crippen LogP contribution in [0.25, 0.3) is 0 Å². The van der Waals surface area contributed by atoms with Gasteiger partial charge in [-0.2, -0.15) is 11.8 Å². The first-order chi connectivity index (χ1) is 6.85. The molecule has 2 heteroatoms. The Kier molecular flexibility index (Phi) is 10.8. The average Bonchev–Trinajstić information content (AvgIpc) is 2.21. The number of thioether (sulfide) groups is 1. The van der Waals surface area contributed by atoms with Crippen LogP contribution in [0, 0.1) is 11.8 Å². The van der Waals surface area contributed by atoms with Gasteiger partial charge in [-0.1, -0.05) is 6.92 Å². The molecule has 0 radical (unpaired) electrons. The molecule has 1 N–H and O–H groups in total. The molecule has 0 aromatic rings. The Morgan fingerprint density at radius 1 is 1.36 bits per heavy atom. The van der Waals surface area contributed by atoms with E-state index in [0.29, 0.717) is 6.04 Å². The predicted molar refractivity (Wildman–Crippen MR) is 67.8 cm³/mol. The molecule has 0 rings (SSSR count). The van der Waals surface area contributed by atoms with Gasteiger partial charge < -0.3 is 5.32 Å². The molecule has 0 aliphatic carbocycles. The molecule has 14 heavy (non-hydrogen) atoms. The van der Waals surface area contributed by atoms with E-state index in [2.05, 4.69) is 30.3 Å². The van der Waals surface area contributed by atoms with Crippen molar-refractivity contribution in [2.24, 2.45) is 0 Å². The summed E-state index contributed by atoms with van der Waals surface area (Å²) in [6.07, 6.45) is 6.89. The van der Waals surface area contributed by atoms with Crippen LogP contribution < -0.4 is 5.32 Å². The van der Waals surface area contributed by atoms with Gasteiger partial charge in [0.1, 0.15) is 0 Å². The van der Waals surface area contributed by atoms with E-state index in [1.165, 1.54) is 25.0 Å². The van der Waals surface area contributed by atoms with Crippen molar-refractivity contribution >= 4 is 11.8 Å². The first-order valence-corrected chi connectivity index (χ1v) is 6.86. The average molecular weight is 213 g/mol. The minimum atomic E-state index is 0.670. The summed E-state index contributed by atoms with van der Waals surface area (Å²) in [7, 11) is 0. The van der Waals surface area contributed by atoms with Gasteiger partial charge in [0.05, 0.1) is 0 Å². The number of rotatable bonds is 8. The predicted octanol–water partition coefficient (Wildman–Crippen LogP) is 2.91. The van der Waals surface area contributed by atoms with Crippen LogP contribution in [-0.2, 0) is 0 Å². The number of hydrogen-bond acceptors (Lipinski definition) is 2. The van der Waals surface area contributed by atoms with Crippen LogP contribution in [0.3, 0.4) is 0 Å². The van der Waals surface area contributed by atoms with E-state index in [4.69, 9.17) is 0 Å². The van der Waals surface area contributed by atoms with Crippen LogP contribution in [0.4, 0.5) is 0 Å². The van der Waals surface area contributed by atoms with Crippen molar-refractivity contribution < 1.29 is 0 Å². The quantitative estimate of drug-likeness (QED) is 0.622. The Morgan fingerprint density at radius 3 is 2.71 bits per heavy atom. The van der Waals surface area contributed by atoms with Crippen molar-refractivity contribution in [2.45, 2.75) is 45.6 Å². The van der Waals surface area contributed by atoms with Crippen molar-refractivity contribution in [3.8, 4) is 11.8 Å². The van der Waals surface area contributed by atoms with Gasteiger partial charge in [-0.25, -0.2) is 0 Å². The summed E-state index contributed by atoms with van der Waals surface area (Å²) in [4.78, 5) is 0. The van der Waals surface area contributed by atoms with Gasteiger partial charge in [0.25, 0.3) is 0 Å². The lowest BCUT2D eigenvalue weighted by Crippen LogP contribution is -2.30. The summed E-state index contributed by atoms with van der Waals surface area (Å²) in [6.45, 7) is 5.26. The molecule has 0 saturated carbocycles. The Balaban J connectivity index is 3.63. The third-order valence-electron chi connectivity index (χ3n) is 2.15. The highest BCUT2D eigenvalue weighted by Crippen LogP contribution is 2.06. The molecule has 0 aromatic heterocycles. The topological polar surface area (TPSA) is 12.0 Å². The molecule has 1 unspecified atom stereocenters. The lowest BCUT2D eigenvalue weighted by atomic mass is 10.1. The first kappa shape index (κ1) is 13.9. The van der Waals surface area contributed by atoms with Crippen LogP contribution in [0.15, 0.2) is 0 Å². The van der Waals surface area contributed by atoms with Crippen molar-refractivity contribution in [3.63, 3.8) is 0 Å². The summed E-state index contributed by atoms with van der Waals surface area (Å²) in [5.41, 5.74) is 0. The molecule has 0 spiro atoms. The van der Waals surface area contributed by atoms with E-state index < -0.39 is 0 Å². The molecule has 1 atom stereocenters. The summed E-state index contributed by atoms with van der Waals surface area (Å²) >= 11 is 1.93. The van der Waals surface area contributed by atoms with Gasteiger partial charge in [-0.05, 0) is 44.7 Å². The molecule has 0 bridgehead atoms. The molecule has 0 saturated heterocycles. The third-order valence-corrected chi connectivity index (χ3v) is 2.79. The Morgan fingerprint density at radius 2 is 2.14 bits per heavy atom. The summed E-state index contributed by atoms with van der Waals surface area (Å²) in [6, 6.07) is 0.670. The Hall–Kier alpha value is -0.130. The maximum atomic E-state index is 3.58. The minimum Gasteiger partial charge on any atom is -0.314 e. The maximum absolute atomic E-state index is 3.58. The van der Waals surface area contributed by atoms with Crippen molar-refractivity contribution in [3.05, 3.63) is 0 Å². The minimum absolute atomic E-state index is 0.670. The van der Waals surface area contributed by atoms with E-state index in [-0.39, 0.29) is 0 Å². The highest BCUT2D eigenvalue weighted by molar-refractivity contribution is 7.98. The van der Waals surface area contributed by atoms with Crippen LogP contribution in [0.2, 0.25) is 0 Å². The van der Waals surface area contributed by atoms with Crippen LogP contribution in [0.5, 0.6) is 0 Å². The van der Waals surface area contributed by atoms with Gasteiger partial charge in [0, 0.05) is 12.5 Å². The van der Waals surface area contributed by atoms with E-state index in [9.17, 15) is 0 Å². The van der Waals surface area contributed by atoms with E-state index in [1.807, 2.05) is 18.7 Å². The molecular weight excluding hydrogens is 190 g/mol. The third kappa shape index (κ3) is 8.47. The second-order valence-electron chi connectivity index (χ2n) is 3.40. The van der Waals surface area contributed by atoms with Crippen molar-refractivity contribution in [1.82, 2.24) is 5.32 Å². The second kappa shape index (κ2) is 10.9. The smallest absolute Gasteiger partial charge is 0.0103 e. The van der Waals surface area contributed by atoms with Crippen molar-refractivity contribution in [1.29, 1.82) is 0 Å². The van der Waals surface area contributed by atoms with E-state index in [0.717, 1.165) is 13.0 Å². The molecule has 0 aliphatic rings. The number of nitrogens with one attached hydrogen (secondary N) is 1. The molecule has 0 aromatic carbocycles. The molecule has 0 fully saturated rings. The highest BCUT2D eigenvalue weighted by atomic mass is 32.2. The fourth-order valence-electron chi connectivity index (χ4n) is 1.33. The molecule has 82 valence electrons. The van der Waals surface area contributed by atoms with Crippen LogP contribution >= 0.6 is 11.8 Å². The molecule has 0 amide bonds. The maximum Gasteiger partial charge on any atom is 0.0103 e. The lowest BCUT2D eigenvalue weighted by molar-refractivity contribution is 0.476. The summed E-state index contributed by atoms with van der Waals surface area (Å²) < 4.78 is 0. The largest absolute Gasteiger partial charge is 0.314 e. The molecule has 0 aliphatic heterocycles. The molecule has 0 heterocycles. The van der Waals surface area contributed by atoms with Gasteiger partial charge in [0.15, 0.2) is 0 Å². The lowest BCUT2D eigenvalue weighted by Gasteiger charge is -2.16. The fraction of sp³-hybridized carbons (Fsp3) is 0.833. The molecule has 1 nitrogen and oxygen atoms in total. The second-order valence-corrected chi connectivity index (χ2v) is 4.38. The van der Waals surface area contributed by atoms with Crippen LogP contribution in [-0.4, -0.2) is 24.6 Å². The van der Waals surface area contributed by atoms with Gasteiger partial charge in [0.2, 0.25) is 0 Å². The van der Waals surface area contributed by atoms with Gasteiger partial charge in [-0.3, -0.25) is 0 Å². The summed E-state index contributed by atoms with van der Waals surface area (Å²) in [5, 5.41) is 3.58. The summed E-state index contributed by atoms with van der Waals surface area (Å²) in [5.74, 6) is 7.34. The fourth-order valence-corrected chi connectivity index (χ4v) is 1.85. The Labute approximate surface area is 93.4 Å².